The maximum Gasteiger partial charge on any atom is 0.163 e. The maximum atomic E-state index is 12.6. The minimum Gasteiger partial charge on any atom is -0.377 e. The second-order valence-electron chi connectivity index (χ2n) is 7.96. The summed E-state index contributed by atoms with van der Waals surface area (Å²) in [5, 5.41) is -0.556. The Balaban J connectivity index is 1.67. The molecule has 2 fully saturated rings. The van der Waals surface area contributed by atoms with E-state index in [0.717, 1.165) is 35.5 Å². The molecule has 0 saturated carbocycles. The molecular weight excluding hydrogens is 388 g/mol. The number of ether oxygens (including phenoxy) is 1. The molecule has 0 unspecified atom stereocenters. The van der Waals surface area contributed by atoms with Crippen LogP contribution in [0, 0.1) is 0 Å². The third-order valence-corrected chi connectivity index (χ3v) is 8.19. The Hall–Kier alpha value is -2.32. The molecule has 0 aromatic carbocycles. The summed E-state index contributed by atoms with van der Waals surface area (Å²) in [4.78, 5) is 16.2. The van der Waals surface area contributed by atoms with Crippen molar-refractivity contribution in [3.8, 4) is 11.4 Å². The van der Waals surface area contributed by atoms with Crippen molar-refractivity contribution in [1.82, 2.24) is 15.0 Å². The van der Waals surface area contributed by atoms with Gasteiger partial charge in [-0.05, 0) is 37.3 Å². The van der Waals surface area contributed by atoms with Crippen molar-refractivity contribution < 1.29 is 13.2 Å². The summed E-state index contributed by atoms with van der Waals surface area (Å²) in [5.74, 6) is 1.54. The molecule has 2 aromatic rings. The molecule has 4 heterocycles. The van der Waals surface area contributed by atoms with Crippen molar-refractivity contribution in [3.05, 3.63) is 41.4 Å². The third-order valence-electron chi connectivity index (χ3n) is 5.99. The lowest BCUT2D eigenvalue weighted by molar-refractivity contribution is 0.0985. The summed E-state index contributed by atoms with van der Waals surface area (Å²) < 4.78 is 30.8. The van der Waals surface area contributed by atoms with Crippen molar-refractivity contribution in [2.45, 2.75) is 37.5 Å². The quantitative estimate of drug-likeness (QED) is 0.766. The predicted octanol–water partition coefficient (Wildman–Crippen LogP) is 2.58. The summed E-state index contributed by atoms with van der Waals surface area (Å²) in [5.41, 5.74) is 3.68. The fourth-order valence-electron chi connectivity index (χ4n) is 4.43. The number of pyridine rings is 1. The van der Waals surface area contributed by atoms with E-state index in [1.807, 2.05) is 12.3 Å². The Bertz CT molecular complexity index is 1080. The first-order chi connectivity index (χ1) is 14.0. The van der Waals surface area contributed by atoms with E-state index in [2.05, 4.69) is 29.0 Å². The van der Waals surface area contributed by atoms with Crippen molar-refractivity contribution in [2.24, 2.45) is 0 Å². The number of hydrogen-bond acceptors (Lipinski definition) is 7. The molecule has 29 heavy (non-hydrogen) atoms. The lowest BCUT2D eigenvalue weighted by atomic mass is 10.1. The van der Waals surface area contributed by atoms with Gasteiger partial charge in [-0.25, -0.2) is 18.4 Å². The van der Waals surface area contributed by atoms with Gasteiger partial charge in [0.2, 0.25) is 0 Å². The summed E-state index contributed by atoms with van der Waals surface area (Å²) in [6.45, 7) is 4.07. The van der Waals surface area contributed by atoms with Crippen molar-refractivity contribution >= 4 is 21.7 Å². The van der Waals surface area contributed by atoms with E-state index in [-0.39, 0.29) is 11.8 Å². The van der Waals surface area contributed by atoms with E-state index in [1.54, 1.807) is 6.20 Å². The van der Waals surface area contributed by atoms with Crippen molar-refractivity contribution in [2.75, 3.05) is 30.4 Å². The van der Waals surface area contributed by atoms with Crippen LogP contribution >= 0.6 is 0 Å². The number of hydrogen-bond donors (Lipinski definition) is 0. The number of morpholine rings is 1. The van der Waals surface area contributed by atoms with Gasteiger partial charge in [-0.15, -0.1) is 0 Å². The molecule has 3 aliphatic rings. The zero-order valence-electron chi connectivity index (χ0n) is 16.4. The molecule has 2 saturated heterocycles. The second kappa shape index (κ2) is 7.18. The molecule has 5 rings (SSSR count). The monoisotopic (exact) mass is 412 g/mol. The van der Waals surface area contributed by atoms with Gasteiger partial charge in [0.1, 0.15) is 11.1 Å². The average Bonchev–Trinajstić information content (AvgIpc) is 3.33. The van der Waals surface area contributed by atoms with Crippen LogP contribution in [0.1, 0.15) is 41.8 Å². The maximum absolute atomic E-state index is 12.6. The van der Waals surface area contributed by atoms with Crippen LogP contribution in [0.2, 0.25) is 0 Å². The largest absolute Gasteiger partial charge is 0.377 e. The number of allylic oxidation sites excluding steroid dienone is 1. The van der Waals surface area contributed by atoms with Crippen LogP contribution in [0.4, 0.5) is 5.82 Å². The highest BCUT2D eigenvalue weighted by atomic mass is 32.2. The van der Waals surface area contributed by atoms with Gasteiger partial charge in [-0.2, -0.15) is 0 Å². The molecule has 0 N–H and O–H groups in total. The summed E-state index contributed by atoms with van der Waals surface area (Å²) >= 11 is 0. The van der Waals surface area contributed by atoms with Gasteiger partial charge in [0.05, 0.1) is 30.7 Å². The Morgan fingerprint density at radius 3 is 2.93 bits per heavy atom. The van der Waals surface area contributed by atoms with Gasteiger partial charge >= 0.3 is 0 Å². The molecule has 2 atom stereocenters. The first-order valence-corrected chi connectivity index (χ1v) is 11.8. The molecule has 8 heteroatoms. The lowest BCUT2D eigenvalue weighted by Crippen LogP contribution is -2.44. The molecular formula is C21H24N4O3S. The molecule has 7 nitrogen and oxygen atoms in total. The van der Waals surface area contributed by atoms with Crippen LogP contribution in [0.25, 0.3) is 17.5 Å². The standard InChI is InChI=1S/C21H24N4O3S/c1-14-13-28-8-7-25(14)20-10-18(19-6-3-9-29(19,26)27)23-21(24-20)17-12-22-11-15-4-2-5-16(15)17/h2,5,10-12,14,19H,3-4,6-9,13H2,1H3/t14-,19-/m1/s1. The molecule has 2 aliphatic heterocycles. The van der Waals surface area contributed by atoms with Crippen LogP contribution < -0.4 is 4.90 Å². The number of fused-ring (bicyclic) bond motifs is 1. The molecule has 0 radical (unpaired) electrons. The van der Waals surface area contributed by atoms with Gasteiger partial charge in [-0.1, -0.05) is 12.2 Å². The van der Waals surface area contributed by atoms with Gasteiger partial charge in [-0.3, -0.25) is 4.98 Å². The van der Waals surface area contributed by atoms with Crippen molar-refractivity contribution in [1.29, 1.82) is 0 Å². The topological polar surface area (TPSA) is 85.3 Å². The molecule has 152 valence electrons. The Labute approximate surface area is 170 Å². The van der Waals surface area contributed by atoms with Crippen LogP contribution in [0.15, 0.2) is 24.5 Å². The van der Waals surface area contributed by atoms with E-state index >= 15 is 0 Å². The van der Waals surface area contributed by atoms with Gasteiger partial charge in [0, 0.05) is 30.6 Å². The highest BCUT2D eigenvalue weighted by Gasteiger charge is 2.35. The minimum absolute atomic E-state index is 0.166. The van der Waals surface area contributed by atoms with E-state index < -0.39 is 15.1 Å². The predicted molar refractivity (Wildman–Crippen MR) is 111 cm³/mol. The average molecular weight is 413 g/mol. The van der Waals surface area contributed by atoms with E-state index in [4.69, 9.17) is 14.7 Å². The first-order valence-electron chi connectivity index (χ1n) is 10.1. The highest BCUT2D eigenvalue weighted by Crippen LogP contribution is 2.37. The van der Waals surface area contributed by atoms with E-state index in [9.17, 15) is 8.42 Å². The van der Waals surface area contributed by atoms with Crippen LogP contribution in [-0.2, 0) is 21.0 Å². The molecule has 0 spiro atoms. The molecule has 1 aliphatic carbocycles. The number of rotatable bonds is 3. The van der Waals surface area contributed by atoms with Gasteiger partial charge in [0.15, 0.2) is 15.7 Å². The van der Waals surface area contributed by atoms with Gasteiger partial charge < -0.3 is 9.64 Å². The van der Waals surface area contributed by atoms with E-state index in [0.29, 0.717) is 37.6 Å². The van der Waals surface area contributed by atoms with Gasteiger partial charge in [0.25, 0.3) is 0 Å². The zero-order valence-corrected chi connectivity index (χ0v) is 17.2. The smallest absolute Gasteiger partial charge is 0.163 e. The summed E-state index contributed by atoms with van der Waals surface area (Å²) in [7, 11) is -3.17. The third kappa shape index (κ3) is 3.34. The number of sulfone groups is 1. The summed E-state index contributed by atoms with van der Waals surface area (Å²) in [6, 6.07) is 2.03. The normalized spacial score (nSPS) is 25.3. The Morgan fingerprint density at radius 2 is 2.14 bits per heavy atom. The minimum atomic E-state index is -3.17. The SMILES string of the molecule is C[C@@H]1COCCN1c1cc([C@H]2CCCS2(=O)=O)nc(-c2cncc3c2C=CC3)n1. The summed E-state index contributed by atoms with van der Waals surface area (Å²) in [6.07, 6.45) is 9.97. The Morgan fingerprint density at radius 1 is 1.24 bits per heavy atom. The van der Waals surface area contributed by atoms with Crippen LogP contribution in [0.3, 0.4) is 0 Å². The zero-order chi connectivity index (χ0) is 20.0. The number of anilines is 1. The first kappa shape index (κ1) is 18.7. The molecule has 0 bridgehead atoms. The van der Waals surface area contributed by atoms with Crippen LogP contribution in [-0.4, -0.2) is 54.9 Å². The Kier molecular flexibility index (Phi) is 4.63. The number of nitrogens with zero attached hydrogens (tertiary/aromatic N) is 4. The van der Waals surface area contributed by atoms with Crippen LogP contribution in [0.5, 0.6) is 0 Å². The number of aromatic nitrogens is 3. The van der Waals surface area contributed by atoms with E-state index in [1.165, 1.54) is 0 Å². The molecule has 0 amide bonds. The lowest BCUT2D eigenvalue weighted by Gasteiger charge is -2.34. The van der Waals surface area contributed by atoms with Crippen molar-refractivity contribution in [3.63, 3.8) is 0 Å². The molecule has 2 aromatic heterocycles. The fraction of sp³-hybridized carbons (Fsp3) is 0.476. The second-order valence-corrected chi connectivity index (χ2v) is 10.3. The highest BCUT2D eigenvalue weighted by molar-refractivity contribution is 7.91. The fourth-order valence-corrected chi connectivity index (χ4v) is 6.30.